The maximum absolute atomic E-state index is 14.8. The molecule has 1 fully saturated rings. The smallest absolute Gasteiger partial charge is 0.481 e. The Morgan fingerprint density at radius 1 is 1.16 bits per heavy atom. The Bertz CT molecular complexity index is 1270. The molecule has 2 aromatic heterocycles. The van der Waals surface area contributed by atoms with Gasteiger partial charge in [-0.05, 0) is 62.6 Å². The zero-order valence-corrected chi connectivity index (χ0v) is 20.1. The number of likely N-dealkylation sites (tertiary alicyclic amines) is 1. The molecule has 1 amide bonds. The molecule has 2 N–H and O–H groups in total. The molecule has 0 bridgehead atoms. The molecule has 3 aromatic rings. The van der Waals surface area contributed by atoms with Crippen LogP contribution in [-0.4, -0.2) is 51.8 Å². The molecule has 11 heteroatoms. The number of rotatable bonds is 4. The monoisotopic (exact) mass is 521 g/mol. The van der Waals surface area contributed by atoms with Gasteiger partial charge in [0.15, 0.2) is 0 Å². The number of hydrogen-bond donors (Lipinski definition) is 2. The standard InChI is InChI=1S/C18H20FN3O3.C8H7F3O/c19-12-8-20-17-16(14(12)10-4-6-22(9-23)7-5-10)15-11(18(24)25)2-1-3-13(15)21-17;1-6-2-4-7(5-3-6)12-8(9,10)11/h8-11H,1-7H2,(H,20,21)(H,24,25);2-5H,1H3. The number of aromatic nitrogens is 2. The lowest BCUT2D eigenvalue weighted by Crippen LogP contribution is -2.32. The number of aryl methyl sites for hydroxylation is 2. The van der Waals surface area contributed by atoms with E-state index in [1.54, 1.807) is 24.0 Å². The number of aromatic amines is 1. The zero-order valence-electron chi connectivity index (χ0n) is 20.1. The fourth-order valence-electron chi connectivity index (χ4n) is 5.12. The van der Waals surface area contributed by atoms with Crippen molar-refractivity contribution >= 4 is 23.4 Å². The van der Waals surface area contributed by atoms with Crippen LogP contribution < -0.4 is 4.74 Å². The number of carbonyl (C=O) groups is 2. The number of hydrogen-bond acceptors (Lipinski definition) is 4. The fraction of sp³-hybridized carbons (Fsp3) is 0.423. The second-order valence-corrected chi connectivity index (χ2v) is 9.32. The number of halogens is 4. The normalized spacial score (nSPS) is 18.1. The SMILES string of the molecule is Cc1ccc(OC(F)(F)F)cc1.O=CN1CCC(c2c(F)cnc3[nH]c4c(c23)C(C(=O)O)CCC4)CC1. The maximum Gasteiger partial charge on any atom is 0.573 e. The highest BCUT2D eigenvalue weighted by molar-refractivity contribution is 5.92. The highest BCUT2D eigenvalue weighted by Gasteiger charge is 2.34. The minimum Gasteiger partial charge on any atom is -0.481 e. The number of aliphatic carboxylic acids is 1. The highest BCUT2D eigenvalue weighted by atomic mass is 19.4. The van der Waals surface area contributed by atoms with Gasteiger partial charge in [0.05, 0.1) is 12.1 Å². The Hall–Kier alpha value is -3.63. The first-order valence-corrected chi connectivity index (χ1v) is 12.0. The zero-order chi connectivity index (χ0) is 26.7. The average molecular weight is 522 g/mol. The number of nitrogens with one attached hydrogen (secondary N) is 1. The molecule has 0 saturated carbocycles. The number of nitrogens with zero attached hydrogens (tertiary/aromatic N) is 2. The summed E-state index contributed by atoms with van der Waals surface area (Å²) in [5.74, 6) is -2.08. The van der Waals surface area contributed by atoms with Gasteiger partial charge in [0.2, 0.25) is 6.41 Å². The molecule has 3 heterocycles. The number of amides is 1. The molecular formula is C26H27F4N3O4. The van der Waals surface area contributed by atoms with Crippen molar-refractivity contribution in [2.24, 2.45) is 0 Å². The van der Waals surface area contributed by atoms with E-state index in [1.165, 1.54) is 18.3 Å². The quantitative estimate of drug-likeness (QED) is 0.352. The summed E-state index contributed by atoms with van der Waals surface area (Å²) in [6.07, 6.45) is 0.921. The van der Waals surface area contributed by atoms with Gasteiger partial charge < -0.3 is 19.7 Å². The van der Waals surface area contributed by atoms with Crippen molar-refractivity contribution in [2.75, 3.05) is 13.1 Å². The lowest BCUT2D eigenvalue weighted by Gasteiger charge is -2.30. The van der Waals surface area contributed by atoms with E-state index >= 15 is 0 Å². The molecule has 7 nitrogen and oxygen atoms in total. The van der Waals surface area contributed by atoms with Crippen molar-refractivity contribution in [3.63, 3.8) is 0 Å². The largest absolute Gasteiger partial charge is 0.573 e. The van der Waals surface area contributed by atoms with Crippen LogP contribution >= 0.6 is 0 Å². The molecule has 5 rings (SSSR count). The number of ether oxygens (including phenoxy) is 1. The van der Waals surface area contributed by atoms with Gasteiger partial charge in [0, 0.05) is 29.7 Å². The summed E-state index contributed by atoms with van der Waals surface area (Å²) in [6.45, 7) is 2.97. The number of carboxylic acids is 1. The molecule has 1 aliphatic heterocycles. The van der Waals surface area contributed by atoms with Gasteiger partial charge in [-0.25, -0.2) is 9.37 Å². The van der Waals surface area contributed by atoms with E-state index in [1.807, 2.05) is 0 Å². The van der Waals surface area contributed by atoms with Crippen LogP contribution in [0, 0.1) is 12.7 Å². The summed E-state index contributed by atoms with van der Waals surface area (Å²) in [7, 11) is 0. The molecule has 1 atom stereocenters. The van der Waals surface area contributed by atoms with E-state index in [0.717, 1.165) is 30.5 Å². The third-order valence-corrected chi connectivity index (χ3v) is 6.84. The predicted molar refractivity (Wildman–Crippen MR) is 127 cm³/mol. The first kappa shape index (κ1) is 26.4. The van der Waals surface area contributed by atoms with Gasteiger partial charge in [-0.2, -0.15) is 0 Å². The average Bonchev–Trinajstić information content (AvgIpc) is 3.24. The Balaban J connectivity index is 0.000000225. The van der Waals surface area contributed by atoms with Crippen LogP contribution in [-0.2, 0) is 16.0 Å². The minimum absolute atomic E-state index is 0.0297. The molecule has 1 aromatic carbocycles. The predicted octanol–water partition coefficient (Wildman–Crippen LogP) is 5.44. The molecule has 37 heavy (non-hydrogen) atoms. The van der Waals surface area contributed by atoms with E-state index < -0.39 is 18.2 Å². The Labute approximate surface area is 210 Å². The Morgan fingerprint density at radius 3 is 2.43 bits per heavy atom. The fourth-order valence-corrected chi connectivity index (χ4v) is 5.12. The molecule has 0 radical (unpaired) electrons. The van der Waals surface area contributed by atoms with Crippen LogP contribution in [0.15, 0.2) is 30.5 Å². The topological polar surface area (TPSA) is 95.5 Å². The van der Waals surface area contributed by atoms with Gasteiger partial charge in [-0.1, -0.05) is 17.7 Å². The van der Waals surface area contributed by atoms with E-state index in [-0.39, 0.29) is 17.5 Å². The van der Waals surface area contributed by atoms with Gasteiger partial charge in [-0.15, -0.1) is 13.2 Å². The lowest BCUT2D eigenvalue weighted by atomic mass is 9.81. The number of pyridine rings is 1. The number of benzene rings is 1. The van der Waals surface area contributed by atoms with Gasteiger partial charge in [-0.3, -0.25) is 9.59 Å². The number of piperidine rings is 1. The third kappa shape index (κ3) is 6.03. The number of carbonyl (C=O) groups excluding carboxylic acids is 1. The summed E-state index contributed by atoms with van der Waals surface area (Å²) in [4.78, 5) is 31.8. The molecular weight excluding hydrogens is 494 g/mol. The third-order valence-electron chi connectivity index (χ3n) is 6.84. The van der Waals surface area contributed by atoms with Gasteiger partial charge in [0.1, 0.15) is 17.2 Å². The lowest BCUT2D eigenvalue weighted by molar-refractivity contribution is -0.274. The van der Waals surface area contributed by atoms with E-state index in [2.05, 4.69) is 14.7 Å². The molecule has 1 saturated heterocycles. The van der Waals surface area contributed by atoms with Gasteiger partial charge in [0.25, 0.3) is 0 Å². The van der Waals surface area contributed by atoms with E-state index in [9.17, 15) is 32.3 Å². The summed E-state index contributed by atoms with van der Waals surface area (Å²) in [5.41, 5.74) is 3.63. The summed E-state index contributed by atoms with van der Waals surface area (Å²) in [6, 6.07) is 5.67. The van der Waals surface area contributed by atoms with Crippen LogP contribution in [0.3, 0.4) is 0 Å². The summed E-state index contributed by atoms with van der Waals surface area (Å²) < 4.78 is 53.3. The first-order chi connectivity index (χ1) is 17.6. The van der Waals surface area contributed by atoms with Crippen LogP contribution in [0.5, 0.6) is 5.75 Å². The maximum atomic E-state index is 14.8. The number of alkyl halides is 3. The number of carboxylic acid groups (broad SMARTS) is 1. The number of fused-ring (bicyclic) bond motifs is 3. The van der Waals surface area contributed by atoms with Crippen molar-refractivity contribution in [1.82, 2.24) is 14.9 Å². The van der Waals surface area contributed by atoms with Gasteiger partial charge >= 0.3 is 12.3 Å². The van der Waals surface area contributed by atoms with Crippen LogP contribution in [0.25, 0.3) is 11.0 Å². The van der Waals surface area contributed by atoms with E-state index in [4.69, 9.17) is 0 Å². The second kappa shape index (κ2) is 10.8. The summed E-state index contributed by atoms with van der Waals surface area (Å²) in [5, 5.41) is 10.3. The number of H-pyrrole nitrogens is 1. The molecule has 1 unspecified atom stereocenters. The summed E-state index contributed by atoms with van der Waals surface area (Å²) >= 11 is 0. The Morgan fingerprint density at radius 2 is 1.84 bits per heavy atom. The highest BCUT2D eigenvalue weighted by Crippen LogP contribution is 2.42. The van der Waals surface area contributed by atoms with Crippen LogP contribution in [0.1, 0.15) is 59.9 Å². The molecule has 198 valence electrons. The van der Waals surface area contributed by atoms with Crippen LogP contribution in [0.4, 0.5) is 17.6 Å². The van der Waals surface area contributed by atoms with Crippen molar-refractivity contribution in [1.29, 1.82) is 0 Å². The van der Waals surface area contributed by atoms with Crippen molar-refractivity contribution in [2.45, 2.75) is 57.2 Å². The second-order valence-electron chi connectivity index (χ2n) is 9.32. The van der Waals surface area contributed by atoms with Crippen molar-refractivity contribution in [3.8, 4) is 5.75 Å². The molecule has 0 spiro atoms. The van der Waals surface area contributed by atoms with E-state index in [0.29, 0.717) is 54.5 Å². The van der Waals surface area contributed by atoms with Crippen LogP contribution in [0.2, 0.25) is 0 Å². The molecule has 2 aliphatic rings. The molecule has 1 aliphatic carbocycles. The first-order valence-electron chi connectivity index (χ1n) is 12.0. The Kier molecular flexibility index (Phi) is 7.70. The van der Waals surface area contributed by atoms with Crippen molar-refractivity contribution < 1.29 is 37.0 Å². The minimum atomic E-state index is -4.60. The van der Waals surface area contributed by atoms with Crippen molar-refractivity contribution in [3.05, 3.63) is 58.7 Å².